The fraction of sp³-hybridized carbons (Fsp3) is 0.273. The van der Waals surface area contributed by atoms with E-state index in [2.05, 4.69) is 10.3 Å². The molecule has 0 saturated heterocycles. The molecule has 0 saturated carbocycles. The molecule has 5 heteroatoms. The topological polar surface area (TPSA) is 49.8 Å². The number of H-pyrrole nitrogens is 1. The fourth-order valence-electron chi connectivity index (χ4n) is 1.66. The fourth-order valence-corrected chi connectivity index (χ4v) is 1.93. The van der Waals surface area contributed by atoms with Gasteiger partial charge in [-0.15, -0.1) is 0 Å². The van der Waals surface area contributed by atoms with E-state index in [0.29, 0.717) is 4.77 Å². The lowest BCUT2D eigenvalue weighted by atomic mass is 10.2. The number of benzene rings is 1. The van der Waals surface area contributed by atoms with Crippen LogP contribution in [0.3, 0.4) is 0 Å². The number of aromatic amines is 1. The van der Waals surface area contributed by atoms with Crippen LogP contribution in [0.5, 0.6) is 0 Å². The van der Waals surface area contributed by atoms with E-state index in [-0.39, 0.29) is 12.5 Å². The Labute approximate surface area is 98.3 Å². The minimum atomic E-state index is -0.0578. The zero-order chi connectivity index (χ0) is 11.7. The third kappa shape index (κ3) is 1.86. The summed E-state index contributed by atoms with van der Waals surface area (Å²) in [7, 11) is 1.62. The molecule has 84 valence electrons. The van der Waals surface area contributed by atoms with Crippen molar-refractivity contribution in [3.05, 3.63) is 28.5 Å². The van der Waals surface area contributed by atoms with Gasteiger partial charge in [0, 0.05) is 7.05 Å². The van der Waals surface area contributed by atoms with E-state index in [4.69, 9.17) is 12.2 Å². The van der Waals surface area contributed by atoms with Gasteiger partial charge in [-0.25, -0.2) is 0 Å². The summed E-state index contributed by atoms with van der Waals surface area (Å²) in [5.41, 5.74) is 3.09. The van der Waals surface area contributed by atoms with Gasteiger partial charge in [-0.2, -0.15) is 0 Å². The van der Waals surface area contributed by atoms with Crippen LogP contribution in [-0.2, 0) is 11.3 Å². The van der Waals surface area contributed by atoms with Crippen molar-refractivity contribution >= 4 is 29.2 Å². The molecule has 16 heavy (non-hydrogen) atoms. The molecule has 1 heterocycles. The van der Waals surface area contributed by atoms with Crippen LogP contribution in [0.1, 0.15) is 5.56 Å². The van der Waals surface area contributed by atoms with Gasteiger partial charge < -0.3 is 14.9 Å². The Balaban J connectivity index is 2.56. The SMILES string of the molecule is CNC(=O)Cn1c(=S)[nH]c2cc(C)ccc21. The van der Waals surface area contributed by atoms with Crippen LogP contribution in [0.4, 0.5) is 0 Å². The molecular formula is C11H13N3OS. The summed E-state index contributed by atoms with van der Waals surface area (Å²) in [4.78, 5) is 14.4. The summed E-state index contributed by atoms with van der Waals surface area (Å²) in [6.45, 7) is 2.27. The van der Waals surface area contributed by atoms with Crippen LogP contribution in [-0.4, -0.2) is 22.5 Å². The van der Waals surface area contributed by atoms with Crippen LogP contribution in [0.2, 0.25) is 0 Å². The number of likely N-dealkylation sites (N-methyl/N-ethyl adjacent to an activating group) is 1. The molecule has 2 N–H and O–H groups in total. The number of fused-ring (bicyclic) bond motifs is 1. The normalized spacial score (nSPS) is 10.6. The Morgan fingerprint density at radius 1 is 1.56 bits per heavy atom. The molecular weight excluding hydrogens is 222 g/mol. The zero-order valence-electron chi connectivity index (χ0n) is 9.20. The maximum absolute atomic E-state index is 11.3. The number of nitrogens with one attached hydrogen (secondary N) is 2. The average molecular weight is 235 g/mol. The first kappa shape index (κ1) is 10.9. The molecule has 2 rings (SSSR count). The second kappa shape index (κ2) is 4.09. The van der Waals surface area contributed by atoms with E-state index < -0.39 is 0 Å². The summed E-state index contributed by atoms with van der Waals surface area (Å²) in [5, 5.41) is 2.59. The van der Waals surface area contributed by atoms with Crippen molar-refractivity contribution in [1.29, 1.82) is 0 Å². The van der Waals surface area contributed by atoms with Crippen molar-refractivity contribution in [1.82, 2.24) is 14.9 Å². The summed E-state index contributed by atoms with van der Waals surface area (Å²) in [6.07, 6.45) is 0. The second-order valence-corrected chi connectivity index (χ2v) is 4.10. The first-order valence-electron chi connectivity index (χ1n) is 5.01. The minimum Gasteiger partial charge on any atom is -0.358 e. The number of carbonyl (C=O) groups is 1. The van der Waals surface area contributed by atoms with Crippen molar-refractivity contribution < 1.29 is 4.79 Å². The number of amides is 1. The lowest BCUT2D eigenvalue weighted by Crippen LogP contribution is -2.23. The number of rotatable bonds is 2. The van der Waals surface area contributed by atoms with Crippen LogP contribution < -0.4 is 5.32 Å². The summed E-state index contributed by atoms with van der Waals surface area (Å²) >= 11 is 5.19. The van der Waals surface area contributed by atoms with Crippen molar-refractivity contribution in [3.63, 3.8) is 0 Å². The molecule has 0 aliphatic carbocycles. The smallest absolute Gasteiger partial charge is 0.239 e. The summed E-state index contributed by atoms with van der Waals surface area (Å²) in [5.74, 6) is -0.0578. The maximum Gasteiger partial charge on any atom is 0.239 e. The van der Waals surface area contributed by atoms with Crippen LogP contribution in [0, 0.1) is 11.7 Å². The van der Waals surface area contributed by atoms with Gasteiger partial charge in [-0.1, -0.05) is 6.07 Å². The van der Waals surface area contributed by atoms with Gasteiger partial charge in [0.05, 0.1) is 11.0 Å². The number of imidazole rings is 1. The molecule has 4 nitrogen and oxygen atoms in total. The number of hydrogen-bond donors (Lipinski definition) is 2. The summed E-state index contributed by atoms with van der Waals surface area (Å²) < 4.78 is 2.37. The van der Waals surface area contributed by atoms with Crippen molar-refractivity contribution in [2.45, 2.75) is 13.5 Å². The van der Waals surface area contributed by atoms with E-state index in [1.165, 1.54) is 0 Å². The Hall–Kier alpha value is -1.62. The highest BCUT2D eigenvalue weighted by atomic mass is 32.1. The van der Waals surface area contributed by atoms with Gasteiger partial charge >= 0.3 is 0 Å². The Morgan fingerprint density at radius 3 is 3.00 bits per heavy atom. The van der Waals surface area contributed by atoms with E-state index in [1.54, 1.807) is 11.6 Å². The molecule has 0 spiro atoms. The molecule has 0 aliphatic heterocycles. The quantitative estimate of drug-likeness (QED) is 0.779. The molecule has 0 bridgehead atoms. The zero-order valence-corrected chi connectivity index (χ0v) is 10.0. The monoisotopic (exact) mass is 235 g/mol. The molecule has 0 radical (unpaired) electrons. The molecule has 2 aromatic rings. The van der Waals surface area contributed by atoms with Gasteiger partial charge in [0.15, 0.2) is 4.77 Å². The Kier molecular flexibility index (Phi) is 2.78. The van der Waals surface area contributed by atoms with Crippen molar-refractivity contribution in [2.75, 3.05) is 7.05 Å². The van der Waals surface area contributed by atoms with E-state index >= 15 is 0 Å². The predicted octanol–water partition coefficient (Wildman–Crippen LogP) is 1.75. The van der Waals surface area contributed by atoms with Crippen molar-refractivity contribution in [2.24, 2.45) is 0 Å². The van der Waals surface area contributed by atoms with E-state index in [0.717, 1.165) is 16.6 Å². The third-order valence-electron chi connectivity index (χ3n) is 2.51. The number of carbonyl (C=O) groups excluding carboxylic acids is 1. The van der Waals surface area contributed by atoms with Crippen LogP contribution >= 0.6 is 12.2 Å². The predicted molar refractivity (Wildman–Crippen MR) is 65.9 cm³/mol. The average Bonchev–Trinajstić information content (AvgIpc) is 2.54. The van der Waals surface area contributed by atoms with Crippen molar-refractivity contribution in [3.8, 4) is 0 Å². The maximum atomic E-state index is 11.3. The highest BCUT2D eigenvalue weighted by Gasteiger charge is 2.07. The first-order chi connectivity index (χ1) is 7.61. The Morgan fingerprint density at radius 2 is 2.31 bits per heavy atom. The number of nitrogens with zero attached hydrogens (tertiary/aromatic N) is 1. The Bertz CT molecular complexity index is 597. The van der Waals surface area contributed by atoms with E-state index in [1.807, 2.05) is 25.1 Å². The molecule has 1 aromatic carbocycles. The highest BCUT2D eigenvalue weighted by Crippen LogP contribution is 2.15. The van der Waals surface area contributed by atoms with E-state index in [9.17, 15) is 4.79 Å². The lowest BCUT2D eigenvalue weighted by molar-refractivity contribution is -0.121. The van der Waals surface area contributed by atoms with Gasteiger partial charge in [0.25, 0.3) is 0 Å². The van der Waals surface area contributed by atoms with Gasteiger partial charge in [-0.3, -0.25) is 4.79 Å². The van der Waals surface area contributed by atoms with Gasteiger partial charge in [-0.05, 0) is 36.8 Å². The standard InChI is InChI=1S/C11H13N3OS/c1-7-3-4-9-8(5-7)13-11(16)14(9)6-10(15)12-2/h3-5H,6H2,1-2H3,(H,12,15)(H,13,16). The molecule has 0 aliphatic rings. The number of aryl methyl sites for hydroxylation is 1. The van der Waals surface area contributed by atoms with Crippen LogP contribution in [0.25, 0.3) is 11.0 Å². The number of hydrogen-bond acceptors (Lipinski definition) is 2. The molecule has 0 atom stereocenters. The third-order valence-corrected chi connectivity index (χ3v) is 2.83. The second-order valence-electron chi connectivity index (χ2n) is 3.71. The molecule has 1 amide bonds. The highest BCUT2D eigenvalue weighted by molar-refractivity contribution is 7.71. The largest absolute Gasteiger partial charge is 0.358 e. The molecule has 1 aromatic heterocycles. The molecule has 0 fully saturated rings. The minimum absolute atomic E-state index is 0.0578. The molecule has 0 unspecified atom stereocenters. The van der Waals surface area contributed by atoms with Gasteiger partial charge in [0.1, 0.15) is 6.54 Å². The van der Waals surface area contributed by atoms with Gasteiger partial charge in [0.2, 0.25) is 5.91 Å². The number of aromatic nitrogens is 2. The first-order valence-corrected chi connectivity index (χ1v) is 5.42. The van der Waals surface area contributed by atoms with Crippen LogP contribution in [0.15, 0.2) is 18.2 Å². The lowest BCUT2D eigenvalue weighted by Gasteiger charge is -2.03. The summed E-state index contributed by atoms with van der Waals surface area (Å²) in [6, 6.07) is 6.00.